The summed E-state index contributed by atoms with van der Waals surface area (Å²) in [6, 6.07) is 0. The van der Waals surface area contributed by atoms with Crippen LogP contribution in [0.3, 0.4) is 0 Å². The average molecular weight is 255 g/mol. The number of aromatic carboxylic acids is 1. The van der Waals surface area contributed by atoms with Gasteiger partial charge in [0.15, 0.2) is 5.69 Å². The van der Waals surface area contributed by atoms with Gasteiger partial charge in [-0.05, 0) is 6.42 Å². The highest BCUT2D eigenvalue weighted by Gasteiger charge is 2.07. The molecule has 0 aliphatic rings. The molecule has 0 saturated heterocycles. The van der Waals surface area contributed by atoms with Gasteiger partial charge in [-0.1, -0.05) is 12.1 Å². The van der Waals surface area contributed by atoms with Gasteiger partial charge in [0, 0.05) is 13.1 Å². The smallest absolute Gasteiger partial charge is 0.358 e. The summed E-state index contributed by atoms with van der Waals surface area (Å²) in [5, 5.41) is 21.4. The first-order valence-corrected chi connectivity index (χ1v) is 5.74. The number of carboxylic acid groups (broad SMARTS) is 1. The van der Waals surface area contributed by atoms with E-state index in [9.17, 15) is 9.59 Å². The fourth-order valence-electron chi connectivity index (χ4n) is 1.23. The van der Waals surface area contributed by atoms with Gasteiger partial charge in [-0.15, -0.1) is 5.10 Å². The van der Waals surface area contributed by atoms with Crippen LogP contribution >= 0.6 is 0 Å². The third-order valence-corrected chi connectivity index (χ3v) is 2.13. The van der Waals surface area contributed by atoms with E-state index in [0.717, 1.165) is 6.42 Å². The van der Waals surface area contributed by atoms with E-state index in [1.165, 1.54) is 10.9 Å². The van der Waals surface area contributed by atoms with E-state index in [1.807, 2.05) is 6.92 Å². The van der Waals surface area contributed by atoms with Crippen molar-refractivity contribution in [1.29, 1.82) is 0 Å². The first-order chi connectivity index (χ1) is 8.63. The highest BCUT2D eigenvalue weighted by Crippen LogP contribution is 1.91. The normalized spacial score (nSPS) is 10.3. The lowest BCUT2D eigenvalue weighted by molar-refractivity contribution is -0.120. The fourth-order valence-corrected chi connectivity index (χ4v) is 1.23. The molecule has 100 valence electrons. The first kappa shape index (κ1) is 14.1. The zero-order chi connectivity index (χ0) is 13.4. The molecule has 1 aromatic heterocycles. The Balaban J connectivity index is 2.17. The van der Waals surface area contributed by atoms with Gasteiger partial charge in [-0.3, -0.25) is 9.48 Å². The zero-order valence-electron chi connectivity index (χ0n) is 10.2. The Labute approximate surface area is 104 Å². The minimum atomic E-state index is -1.10. The molecular formula is C10H17N5O3. The van der Waals surface area contributed by atoms with Crippen LogP contribution in [-0.2, 0) is 11.3 Å². The lowest BCUT2D eigenvalue weighted by Gasteiger charge is -2.05. The van der Waals surface area contributed by atoms with Crippen molar-refractivity contribution in [3.8, 4) is 0 Å². The molecule has 0 saturated carbocycles. The molecule has 0 radical (unpaired) electrons. The van der Waals surface area contributed by atoms with Gasteiger partial charge >= 0.3 is 5.97 Å². The molecular weight excluding hydrogens is 238 g/mol. The third kappa shape index (κ3) is 4.91. The largest absolute Gasteiger partial charge is 0.476 e. The number of hydrogen-bond acceptors (Lipinski definition) is 5. The highest BCUT2D eigenvalue weighted by atomic mass is 16.4. The Hall–Kier alpha value is -1.96. The molecule has 1 aromatic rings. The molecule has 0 aliphatic carbocycles. The first-order valence-electron chi connectivity index (χ1n) is 5.74. The highest BCUT2D eigenvalue weighted by molar-refractivity contribution is 5.84. The van der Waals surface area contributed by atoms with E-state index in [1.54, 1.807) is 0 Å². The second-order valence-electron chi connectivity index (χ2n) is 3.70. The van der Waals surface area contributed by atoms with E-state index in [2.05, 4.69) is 20.9 Å². The number of amides is 1. The Kier molecular flexibility index (Phi) is 5.78. The van der Waals surface area contributed by atoms with Crippen LogP contribution in [0, 0.1) is 0 Å². The maximum absolute atomic E-state index is 11.2. The second-order valence-corrected chi connectivity index (χ2v) is 3.70. The standard InChI is InChI=1S/C10H17N5O3/c1-2-3-12-9(16)6-11-4-5-15-7-8(10(17)18)13-14-15/h7,11H,2-6H2,1H3,(H,12,16)(H,17,18). The van der Waals surface area contributed by atoms with Crippen molar-refractivity contribution in [2.45, 2.75) is 19.9 Å². The van der Waals surface area contributed by atoms with E-state index < -0.39 is 5.97 Å². The third-order valence-electron chi connectivity index (χ3n) is 2.13. The maximum atomic E-state index is 11.2. The van der Waals surface area contributed by atoms with Crippen molar-refractivity contribution in [3.05, 3.63) is 11.9 Å². The summed E-state index contributed by atoms with van der Waals surface area (Å²) >= 11 is 0. The summed E-state index contributed by atoms with van der Waals surface area (Å²) < 4.78 is 1.42. The molecule has 1 rings (SSSR count). The summed E-state index contributed by atoms with van der Waals surface area (Å²) in [5.41, 5.74) is -0.0873. The number of nitrogens with zero attached hydrogens (tertiary/aromatic N) is 3. The lowest BCUT2D eigenvalue weighted by atomic mass is 10.4. The lowest BCUT2D eigenvalue weighted by Crippen LogP contribution is -2.35. The SMILES string of the molecule is CCCNC(=O)CNCCn1cc(C(=O)O)nn1. The van der Waals surface area contributed by atoms with Crippen LogP contribution in [0.5, 0.6) is 0 Å². The Morgan fingerprint density at radius 2 is 2.22 bits per heavy atom. The van der Waals surface area contributed by atoms with Crippen LogP contribution < -0.4 is 10.6 Å². The summed E-state index contributed by atoms with van der Waals surface area (Å²) in [4.78, 5) is 21.8. The molecule has 0 fully saturated rings. The molecule has 1 heterocycles. The monoisotopic (exact) mass is 255 g/mol. The molecule has 8 nitrogen and oxygen atoms in total. The summed E-state index contributed by atoms with van der Waals surface area (Å²) in [6.07, 6.45) is 2.25. The van der Waals surface area contributed by atoms with Crippen LogP contribution in [-0.4, -0.2) is 51.6 Å². The maximum Gasteiger partial charge on any atom is 0.358 e. The van der Waals surface area contributed by atoms with E-state index in [-0.39, 0.29) is 18.1 Å². The van der Waals surface area contributed by atoms with Gasteiger partial charge in [0.2, 0.25) is 5.91 Å². The molecule has 0 unspecified atom stereocenters. The number of nitrogens with one attached hydrogen (secondary N) is 2. The van der Waals surface area contributed by atoms with E-state index in [4.69, 9.17) is 5.11 Å². The second kappa shape index (κ2) is 7.38. The quantitative estimate of drug-likeness (QED) is 0.519. The van der Waals surface area contributed by atoms with Crippen molar-refractivity contribution in [2.24, 2.45) is 0 Å². The number of hydrogen-bond donors (Lipinski definition) is 3. The van der Waals surface area contributed by atoms with Crippen molar-refractivity contribution in [2.75, 3.05) is 19.6 Å². The topological polar surface area (TPSA) is 109 Å². The fraction of sp³-hybridized carbons (Fsp3) is 0.600. The van der Waals surface area contributed by atoms with Crippen LogP contribution in [0.25, 0.3) is 0 Å². The predicted molar refractivity (Wildman–Crippen MR) is 63.2 cm³/mol. The minimum Gasteiger partial charge on any atom is -0.476 e. The summed E-state index contributed by atoms with van der Waals surface area (Å²) in [7, 11) is 0. The summed E-state index contributed by atoms with van der Waals surface area (Å²) in [5.74, 6) is -1.16. The molecule has 1 amide bonds. The van der Waals surface area contributed by atoms with Crippen molar-refractivity contribution in [3.63, 3.8) is 0 Å². The van der Waals surface area contributed by atoms with E-state index >= 15 is 0 Å². The minimum absolute atomic E-state index is 0.0540. The molecule has 0 aliphatic heterocycles. The number of aromatic nitrogens is 3. The zero-order valence-corrected chi connectivity index (χ0v) is 10.2. The van der Waals surface area contributed by atoms with Crippen LogP contribution in [0.4, 0.5) is 0 Å². The van der Waals surface area contributed by atoms with Gasteiger partial charge in [0.05, 0.1) is 19.3 Å². The van der Waals surface area contributed by atoms with Gasteiger partial charge in [0.1, 0.15) is 0 Å². The number of carboxylic acids is 1. The van der Waals surface area contributed by atoms with Gasteiger partial charge in [-0.2, -0.15) is 0 Å². The van der Waals surface area contributed by atoms with E-state index in [0.29, 0.717) is 19.6 Å². The van der Waals surface area contributed by atoms with Crippen molar-refractivity contribution < 1.29 is 14.7 Å². The van der Waals surface area contributed by atoms with Crippen LogP contribution in [0.2, 0.25) is 0 Å². The van der Waals surface area contributed by atoms with Crippen molar-refractivity contribution in [1.82, 2.24) is 25.6 Å². The summed E-state index contributed by atoms with van der Waals surface area (Å²) in [6.45, 7) is 3.87. The Morgan fingerprint density at radius 3 is 2.83 bits per heavy atom. The predicted octanol–water partition coefficient (Wildman–Crippen LogP) is -0.908. The molecule has 0 aromatic carbocycles. The Bertz CT molecular complexity index is 404. The van der Waals surface area contributed by atoms with Gasteiger partial charge in [-0.25, -0.2) is 4.79 Å². The molecule has 8 heteroatoms. The number of rotatable bonds is 8. The van der Waals surface area contributed by atoms with Crippen LogP contribution in [0.1, 0.15) is 23.8 Å². The molecule has 18 heavy (non-hydrogen) atoms. The molecule has 0 atom stereocenters. The number of carbonyl (C=O) groups is 2. The average Bonchev–Trinajstić information content (AvgIpc) is 2.81. The van der Waals surface area contributed by atoms with Crippen molar-refractivity contribution >= 4 is 11.9 Å². The number of carbonyl (C=O) groups excluding carboxylic acids is 1. The molecule has 3 N–H and O–H groups in total. The van der Waals surface area contributed by atoms with Gasteiger partial charge < -0.3 is 15.7 Å². The molecule has 0 bridgehead atoms. The van der Waals surface area contributed by atoms with Crippen LogP contribution in [0.15, 0.2) is 6.20 Å². The van der Waals surface area contributed by atoms with Gasteiger partial charge in [0.25, 0.3) is 0 Å². The molecule has 0 spiro atoms. The Morgan fingerprint density at radius 1 is 1.44 bits per heavy atom.